The molecule has 2 amide bonds. The zero-order chi connectivity index (χ0) is 20.5. The van der Waals surface area contributed by atoms with E-state index in [-0.39, 0.29) is 42.5 Å². The molecular weight excluding hydrogens is 374 g/mol. The highest BCUT2D eigenvalue weighted by Gasteiger charge is 2.39. The average Bonchev–Trinajstić information content (AvgIpc) is 3.36. The van der Waals surface area contributed by atoms with E-state index in [0.29, 0.717) is 11.6 Å². The van der Waals surface area contributed by atoms with Gasteiger partial charge in [-0.25, -0.2) is 4.79 Å². The van der Waals surface area contributed by atoms with Crippen molar-refractivity contribution in [2.24, 2.45) is 0 Å². The highest BCUT2D eigenvalue weighted by atomic mass is 16.6. The van der Waals surface area contributed by atoms with Crippen LogP contribution in [0.15, 0.2) is 16.7 Å². The van der Waals surface area contributed by atoms with Crippen LogP contribution in [0.3, 0.4) is 0 Å². The van der Waals surface area contributed by atoms with E-state index in [9.17, 15) is 9.59 Å². The van der Waals surface area contributed by atoms with Gasteiger partial charge in [0.15, 0.2) is 5.82 Å². The van der Waals surface area contributed by atoms with Crippen LogP contribution in [0.5, 0.6) is 0 Å². The summed E-state index contributed by atoms with van der Waals surface area (Å²) in [6, 6.07) is 4.10. The van der Waals surface area contributed by atoms with Crippen molar-refractivity contribution in [3.8, 4) is 0 Å². The largest absolute Gasteiger partial charge is 0.446 e. The summed E-state index contributed by atoms with van der Waals surface area (Å²) in [6.45, 7) is 5.90. The molecule has 3 heterocycles. The van der Waals surface area contributed by atoms with Gasteiger partial charge in [0.05, 0.1) is 12.1 Å². The lowest BCUT2D eigenvalue weighted by Crippen LogP contribution is -2.56. The summed E-state index contributed by atoms with van der Waals surface area (Å²) in [5, 5.41) is 13.7. The lowest BCUT2D eigenvalue weighted by molar-refractivity contribution is -0.115. The standard InChI is InChI=1S/C20H27N5O4/c1-11-6-16(29-24-11)9-19(26)21-18-10-17(22-23-18)14-4-5-15(8-14)28-20(27)25-12(2)7-13(25)3/h6,10,12-15H,4-5,7-9H2,1-3H3,(H2,21,22,23,26)/t12-,13-,14-,15+/m0/s1. The Hall–Kier alpha value is -2.84. The molecule has 1 saturated carbocycles. The zero-order valence-corrected chi connectivity index (χ0v) is 17.0. The van der Waals surface area contributed by atoms with E-state index >= 15 is 0 Å². The molecule has 0 spiro atoms. The van der Waals surface area contributed by atoms with Gasteiger partial charge in [0.1, 0.15) is 11.9 Å². The van der Waals surface area contributed by atoms with Crippen molar-refractivity contribution < 1.29 is 18.8 Å². The maximum Gasteiger partial charge on any atom is 0.410 e. The van der Waals surface area contributed by atoms with Gasteiger partial charge in [0.2, 0.25) is 5.91 Å². The third-order valence-electron chi connectivity index (χ3n) is 5.81. The van der Waals surface area contributed by atoms with Crippen molar-refractivity contribution in [3.05, 3.63) is 29.3 Å². The van der Waals surface area contributed by atoms with Crippen molar-refractivity contribution in [1.29, 1.82) is 0 Å². The number of anilines is 1. The van der Waals surface area contributed by atoms with E-state index in [0.717, 1.165) is 37.1 Å². The molecule has 0 bridgehead atoms. The Morgan fingerprint density at radius 1 is 1.28 bits per heavy atom. The number of amides is 2. The van der Waals surface area contributed by atoms with Crippen LogP contribution in [0.1, 0.15) is 62.6 Å². The van der Waals surface area contributed by atoms with Gasteiger partial charge >= 0.3 is 6.09 Å². The van der Waals surface area contributed by atoms with E-state index in [1.54, 1.807) is 6.07 Å². The maximum atomic E-state index is 12.3. The average molecular weight is 401 g/mol. The third-order valence-corrected chi connectivity index (χ3v) is 5.81. The summed E-state index contributed by atoms with van der Waals surface area (Å²) in [4.78, 5) is 26.3. The first-order valence-electron chi connectivity index (χ1n) is 10.2. The Labute approximate surface area is 169 Å². The van der Waals surface area contributed by atoms with Crippen LogP contribution in [-0.2, 0) is 16.0 Å². The van der Waals surface area contributed by atoms with Gasteiger partial charge in [0, 0.05) is 35.8 Å². The highest BCUT2D eigenvalue weighted by Crippen LogP contribution is 2.37. The number of likely N-dealkylation sites (tertiary alicyclic amines) is 1. The Bertz CT molecular complexity index is 883. The Morgan fingerprint density at radius 2 is 2.07 bits per heavy atom. The maximum absolute atomic E-state index is 12.3. The quantitative estimate of drug-likeness (QED) is 0.796. The lowest BCUT2D eigenvalue weighted by atomic mass is 9.97. The molecule has 1 saturated heterocycles. The fraction of sp³-hybridized carbons (Fsp3) is 0.600. The van der Waals surface area contributed by atoms with Crippen molar-refractivity contribution in [1.82, 2.24) is 20.3 Å². The molecule has 2 aliphatic rings. The van der Waals surface area contributed by atoms with Crippen molar-refractivity contribution >= 4 is 17.8 Å². The van der Waals surface area contributed by atoms with Crippen LogP contribution < -0.4 is 5.32 Å². The summed E-state index contributed by atoms with van der Waals surface area (Å²) >= 11 is 0. The number of rotatable bonds is 5. The molecule has 9 heteroatoms. The lowest BCUT2D eigenvalue weighted by Gasteiger charge is -2.44. The van der Waals surface area contributed by atoms with Gasteiger partial charge in [-0.05, 0) is 46.5 Å². The Kier molecular flexibility index (Phi) is 5.29. The number of hydrogen-bond acceptors (Lipinski definition) is 6. The molecule has 4 rings (SSSR count). The minimum absolute atomic E-state index is 0.0801. The van der Waals surface area contributed by atoms with Gasteiger partial charge in [0.25, 0.3) is 0 Å². The second kappa shape index (κ2) is 7.88. The molecule has 0 radical (unpaired) electrons. The van der Waals surface area contributed by atoms with Gasteiger partial charge < -0.3 is 19.5 Å². The molecule has 29 heavy (non-hydrogen) atoms. The molecule has 0 aromatic carbocycles. The number of carbonyl (C=O) groups excluding carboxylic acids is 2. The number of carbonyl (C=O) groups is 2. The van der Waals surface area contributed by atoms with Gasteiger partial charge in [-0.2, -0.15) is 5.10 Å². The number of ether oxygens (including phenoxy) is 1. The van der Waals surface area contributed by atoms with E-state index in [4.69, 9.17) is 9.26 Å². The topological polar surface area (TPSA) is 113 Å². The summed E-state index contributed by atoms with van der Waals surface area (Å²) in [5.41, 5.74) is 1.68. The zero-order valence-electron chi connectivity index (χ0n) is 17.0. The number of aryl methyl sites for hydroxylation is 1. The van der Waals surface area contributed by atoms with Gasteiger partial charge in [-0.1, -0.05) is 5.16 Å². The first-order chi connectivity index (χ1) is 13.9. The molecule has 4 atom stereocenters. The Balaban J connectivity index is 1.27. The smallest absolute Gasteiger partial charge is 0.410 e. The van der Waals surface area contributed by atoms with Crippen molar-refractivity contribution in [2.75, 3.05) is 5.32 Å². The molecule has 1 aliphatic carbocycles. The Morgan fingerprint density at radius 3 is 2.76 bits per heavy atom. The number of nitrogens with one attached hydrogen (secondary N) is 2. The van der Waals surface area contributed by atoms with E-state index in [2.05, 4.69) is 20.7 Å². The summed E-state index contributed by atoms with van der Waals surface area (Å²) in [5.74, 6) is 1.01. The van der Waals surface area contributed by atoms with E-state index in [1.807, 2.05) is 31.7 Å². The van der Waals surface area contributed by atoms with E-state index in [1.165, 1.54) is 0 Å². The van der Waals surface area contributed by atoms with Crippen LogP contribution in [0.2, 0.25) is 0 Å². The number of H-pyrrole nitrogens is 1. The second-order valence-electron chi connectivity index (χ2n) is 8.22. The monoisotopic (exact) mass is 401 g/mol. The number of hydrogen-bond donors (Lipinski definition) is 2. The predicted octanol–water partition coefficient (Wildman–Crippen LogP) is 3.14. The third kappa shape index (κ3) is 4.28. The minimum Gasteiger partial charge on any atom is -0.446 e. The number of nitrogens with zero attached hydrogens (tertiary/aromatic N) is 3. The van der Waals surface area contributed by atoms with Crippen molar-refractivity contribution in [3.63, 3.8) is 0 Å². The fourth-order valence-electron chi connectivity index (χ4n) is 4.36. The molecule has 2 aromatic heterocycles. The van der Waals surface area contributed by atoms with Crippen LogP contribution in [0.25, 0.3) is 0 Å². The number of aromatic amines is 1. The molecule has 2 fully saturated rings. The molecule has 156 valence electrons. The first-order valence-corrected chi connectivity index (χ1v) is 10.2. The van der Waals surface area contributed by atoms with Crippen LogP contribution in [0, 0.1) is 6.92 Å². The first kappa shape index (κ1) is 19.5. The SMILES string of the molecule is Cc1cc(CC(=O)Nc2cc([C@H]3CC[C@@H](OC(=O)N4[C@@H](C)C[C@@H]4C)C3)[nH]n2)on1. The van der Waals surface area contributed by atoms with Crippen LogP contribution in [0.4, 0.5) is 10.6 Å². The van der Waals surface area contributed by atoms with Gasteiger partial charge in [-0.15, -0.1) is 0 Å². The summed E-state index contributed by atoms with van der Waals surface area (Å²) in [7, 11) is 0. The minimum atomic E-state index is -0.213. The molecular formula is C20H27N5O4. The molecule has 2 aromatic rings. The van der Waals surface area contributed by atoms with E-state index < -0.39 is 0 Å². The molecule has 9 nitrogen and oxygen atoms in total. The summed E-state index contributed by atoms with van der Waals surface area (Å²) < 4.78 is 10.8. The second-order valence-corrected chi connectivity index (χ2v) is 8.22. The molecule has 2 N–H and O–H groups in total. The predicted molar refractivity (Wildman–Crippen MR) is 104 cm³/mol. The number of aromatic nitrogens is 3. The van der Waals surface area contributed by atoms with Crippen LogP contribution in [-0.4, -0.2) is 50.4 Å². The van der Waals surface area contributed by atoms with Crippen LogP contribution >= 0.6 is 0 Å². The highest BCUT2D eigenvalue weighted by molar-refractivity contribution is 5.91. The molecule has 0 unspecified atom stereocenters. The van der Waals surface area contributed by atoms with Crippen molar-refractivity contribution in [2.45, 2.75) is 77.0 Å². The summed E-state index contributed by atoms with van der Waals surface area (Å²) in [6.07, 6.45) is 3.36. The normalized spacial score (nSPS) is 26.2. The van der Waals surface area contributed by atoms with Gasteiger partial charge in [-0.3, -0.25) is 9.89 Å². The fourth-order valence-corrected chi connectivity index (χ4v) is 4.36. The molecule has 1 aliphatic heterocycles.